The zero-order valence-electron chi connectivity index (χ0n) is 19.1. The maximum atomic E-state index is 12.9. The zero-order valence-corrected chi connectivity index (χ0v) is 19.9. The van der Waals surface area contributed by atoms with Crippen LogP contribution in [0.15, 0.2) is 36.4 Å². The SMILES string of the molecule is CCOCCOc1ccc(PC(=O)c2c(C)cccc2Cl)c(OCCOCC)c1.[H-].[Li+]. The molecule has 0 saturated carbocycles. The van der Waals surface area contributed by atoms with E-state index in [9.17, 15) is 4.79 Å². The van der Waals surface area contributed by atoms with Crippen LogP contribution in [0.5, 0.6) is 11.5 Å². The Morgan fingerprint density at radius 3 is 2.30 bits per heavy atom. The van der Waals surface area contributed by atoms with Gasteiger partial charge in [0.15, 0.2) is 5.52 Å². The Balaban J connectivity index is 0.00000450. The van der Waals surface area contributed by atoms with Gasteiger partial charge >= 0.3 is 18.9 Å². The van der Waals surface area contributed by atoms with Gasteiger partial charge in [0.1, 0.15) is 24.7 Å². The fourth-order valence-corrected chi connectivity index (χ4v) is 4.16. The van der Waals surface area contributed by atoms with Gasteiger partial charge in [-0.15, -0.1) is 0 Å². The summed E-state index contributed by atoms with van der Waals surface area (Å²) in [5, 5.41) is 1.28. The molecule has 0 radical (unpaired) electrons. The Bertz CT molecular complexity index is 789. The summed E-state index contributed by atoms with van der Waals surface area (Å²) >= 11 is 6.26. The zero-order chi connectivity index (χ0) is 21.1. The first-order valence-electron chi connectivity index (χ1n) is 9.68. The molecule has 0 aliphatic heterocycles. The standard InChI is InChI=1S/C22H28ClO5P.Li.H/c1-4-25-11-13-27-17-9-10-20(19(15-17)28-14-12-26-5-2)29-22(24)21-16(3)7-6-8-18(21)23;;/h6-10,15,29H,4-5,11-14H2,1-3H3;;/q;+1;-1. The van der Waals surface area contributed by atoms with Crippen molar-refractivity contribution >= 4 is 31.0 Å². The van der Waals surface area contributed by atoms with Crippen molar-refractivity contribution in [3.05, 3.63) is 52.5 Å². The molecule has 1 unspecified atom stereocenters. The molecule has 0 N–H and O–H groups in total. The van der Waals surface area contributed by atoms with Crippen LogP contribution in [0.3, 0.4) is 0 Å². The van der Waals surface area contributed by atoms with Crippen LogP contribution in [0.1, 0.15) is 31.2 Å². The Labute approximate surface area is 199 Å². The summed E-state index contributed by atoms with van der Waals surface area (Å²) in [7, 11) is -0.111. The number of carbonyl (C=O) groups is 1. The summed E-state index contributed by atoms with van der Waals surface area (Å²) < 4.78 is 22.3. The molecule has 2 aromatic rings. The predicted octanol–water partition coefficient (Wildman–Crippen LogP) is 1.74. The van der Waals surface area contributed by atoms with Crippen LogP contribution in [-0.4, -0.2) is 45.2 Å². The maximum absolute atomic E-state index is 12.9. The van der Waals surface area contributed by atoms with Gasteiger partial charge in [-0.2, -0.15) is 0 Å². The Hall–Kier alpha value is -1.05. The largest absolute Gasteiger partial charge is 1.00 e. The monoisotopic (exact) mass is 446 g/mol. The fourth-order valence-electron chi connectivity index (χ4n) is 2.64. The van der Waals surface area contributed by atoms with E-state index in [1.54, 1.807) is 6.07 Å². The molecule has 0 aromatic heterocycles. The molecular formula is C22H29ClLiO5P. The van der Waals surface area contributed by atoms with Gasteiger partial charge in [0.2, 0.25) is 0 Å². The van der Waals surface area contributed by atoms with E-state index in [1.807, 2.05) is 51.1 Å². The molecular weight excluding hydrogens is 418 g/mol. The smallest absolute Gasteiger partial charge is 1.00 e. The van der Waals surface area contributed by atoms with Crippen molar-refractivity contribution in [2.75, 3.05) is 39.6 Å². The quantitative estimate of drug-likeness (QED) is 0.266. The van der Waals surface area contributed by atoms with Crippen LogP contribution < -0.4 is 33.6 Å². The van der Waals surface area contributed by atoms with Crippen LogP contribution in [0.25, 0.3) is 0 Å². The summed E-state index contributed by atoms with van der Waals surface area (Å²) in [6.45, 7) is 8.89. The Kier molecular flexibility index (Phi) is 13.4. The van der Waals surface area contributed by atoms with Gasteiger partial charge in [-0.25, -0.2) is 0 Å². The van der Waals surface area contributed by atoms with Crippen molar-refractivity contribution in [2.24, 2.45) is 0 Å². The first-order valence-corrected chi connectivity index (χ1v) is 11.1. The van der Waals surface area contributed by atoms with E-state index in [4.69, 9.17) is 30.5 Å². The molecule has 0 fully saturated rings. The van der Waals surface area contributed by atoms with Gasteiger partial charge in [-0.3, -0.25) is 4.79 Å². The van der Waals surface area contributed by atoms with E-state index >= 15 is 0 Å². The number of hydrogen-bond donors (Lipinski definition) is 0. The van der Waals surface area contributed by atoms with Crippen molar-refractivity contribution in [1.82, 2.24) is 0 Å². The molecule has 1 atom stereocenters. The van der Waals surface area contributed by atoms with Crippen LogP contribution >= 0.6 is 20.2 Å². The number of rotatable bonds is 13. The third kappa shape index (κ3) is 8.59. The topological polar surface area (TPSA) is 54.0 Å². The molecule has 0 aliphatic rings. The summed E-state index contributed by atoms with van der Waals surface area (Å²) in [6.07, 6.45) is 0. The van der Waals surface area contributed by atoms with Crippen molar-refractivity contribution in [1.29, 1.82) is 0 Å². The van der Waals surface area contributed by atoms with Crippen LogP contribution in [0, 0.1) is 6.92 Å². The average molecular weight is 447 g/mol. The molecule has 8 heteroatoms. The van der Waals surface area contributed by atoms with Crippen molar-refractivity contribution < 1.29 is 44.0 Å². The normalized spacial score (nSPS) is 10.8. The second kappa shape index (κ2) is 14.9. The number of ether oxygens (including phenoxy) is 4. The Morgan fingerprint density at radius 2 is 1.67 bits per heavy atom. The number of carbonyl (C=O) groups excluding carboxylic acids is 1. The molecule has 160 valence electrons. The van der Waals surface area contributed by atoms with Crippen LogP contribution in [-0.2, 0) is 9.47 Å². The third-order valence-electron chi connectivity index (χ3n) is 4.04. The predicted molar refractivity (Wildman–Crippen MR) is 120 cm³/mol. The summed E-state index contributed by atoms with van der Waals surface area (Å²) in [4.78, 5) is 12.9. The molecule has 30 heavy (non-hydrogen) atoms. The molecule has 2 aromatic carbocycles. The van der Waals surface area contributed by atoms with Gasteiger partial charge in [0, 0.05) is 30.1 Å². The number of aryl methyl sites for hydroxylation is 1. The first kappa shape index (κ1) is 27.0. The third-order valence-corrected chi connectivity index (χ3v) is 5.51. The second-order valence-electron chi connectivity index (χ2n) is 6.13. The minimum atomic E-state index is -0.111. The number of hydrogen-bond acceptors (Lipinski definition) is 5. The van der Waals surface area contributed by atoms with Crippen LogP contribution in [0.4, 0.5) is 0 Å². The van der Waals surface area contributed by atoms with E-state index in [-0.39, 0.29) is 34.4 Å². The molecule has 0 amide bonds. The minimum Gasteiger partial charge on any atom is -1.00 e. The average Bonchev–Trinajstić information content (AvgIpc) is 2.70. The van der Waals surface area contributed by atoms with Gasteiger partial charge in [0.05, 0.1) is 18.2 Å². The summed E-state index contributed by atoms with van der Waals surface area (Å²) in [5.74, 6) is 1.29. The summed E-state index contributed by atoms with van der Waals surface area (Å²) in [5.41, 5.74) is 1.40. The van der Waals surface area contributed by atoms with E-state index in [1.165, 1.54) is 0 Å². The summed E-state index contributed by atoms with van der Waals surface area (Å²) in [6, 6.07) is 11.0. The van der Waals surface area contributed by atoms with E-state index < -0.39 is 0 Å². The van der Waals surface area contributed by atoms with Gasteiger partial charge in [-0.05, 0) is 53.1 Å². The van der Waals surface area contributed by atoms with Crippen molar-refractivity contribution in [3.63, 3.8) is 0 Å². The first-order chi connectivity index (χ1) is 14.1. The molecule has 0 bridgehead atoms. The number of benzene rings is 2. The molecule has 2 rings (SSSR count). The second-order valence-corrected chi connectivity index (χ2v) is 7.78. The van der Waals surface area contributed by atoms with Crippen LogP contribution in [0.2, 0.25) is 5.02 Å². The molecule has 5 nitrogen and oxygen atoms in total. The van der Waals surface area contributed by atoms with Gasteiger partial charge in [-0.1, -0.05) is 23.7 Å². The number of halogens is 1. The van der Waals surface area contributed by atoms with Gasteiger partial charge < -0.3 is 20.4 Å². The molecule has 0 saturated heterocycles. The van der Waals surface area contributed by atoms with Crippen molar-refractivity contribution in [2.45, 2.75) is 20.8 Å². The molecule has 0 heterocycles. The van der Waals surface area contributed by atoms with E-state index in [2.05, 4.69) is 0 Å². The van der Waals surface area contributed by atoms with Gasteiger partial charge in [0.25, 0.3) is 0 Å². The van der Waals surface area contributed by atoms with E-state index in [0.717, 1.165) is 10.9 Å². The minimum absolute atomic E-state index is 0. The molecule has 0 aliphatic carbocycles. The fraction of sp³-hybridized carbons (Fsp3) is 0.409. The van der Waals surface area contributed by atoms with E-state index in [0.29, 0.717) is 61.7 Å². The Morgan fingerprint density at radius 1 is 1.00 bits per heavy atom. The van der Waals surface area contributed by atoms with Crippen molar-refractivity contribution in [3.8, 4) is 11.5 Å². The molecule has 0 spiro atoms. The maximum Gasteiger partial charge on any atom is 1.00 e.